The second kappa shape index (κ2) is 7.98. The lowest BCUT2D eigenvalue weighted by Gasteiger charge is -2.32. The van der Waals surface area contributed by atoms with Crippen LogP contribution in [0, 0.1) is 11.6 Å². The highest BCUT2D eigenvalue weighted by Crippen LogP contribution is 2.27. The largest absolute Gasteiger partial charge is 0.306 e. The van der Waals surface area contributed by atoms with Crippen molar-refractivity contribution in [2.24, 2.45) is 0 Å². The summed E-state index contributed by atoms with van der Waals surface area (Å²) in [6.45, 7) is 1.90. The van der Waals surface area contributed by atoms with Crippen molar-refractivity contribution in [2.75, 3.05) is 13.1 Å². The molecule has 7 heteroatoms. The molecule has 1 saturated heterocycles. The third kappa shape index (κ3) is 4.14. The summed E-state index contributed by atoms with van der Waals surface area (Å²) >= 11 is 0. The Morgan fingerprint density at radius 2 is 2.11 bits per heavy atom. The van der Waals surface area contributed by atoms with Gasteiger partial charge in [0, 0.05) is 54.7 Å². The van der Waals surface area contributed by atoms with Crippen molar-refractivity contribution in [2.45, 2.75) is 25.3 Å². The average molecular weight is 382 g/mol. The zero-order valence-corrected chi connectivity index (χ0v) is 15.2. The van der Waals surface area contributed by atoms with Crippen molar-refractivity contribution in [1.29, 1.82) is 0 Å². The molecular formula is C21H20F2N4O. The van der Waals surface area contributed by atoms with E-state index in [0.29, 0.717) is 24.5 Å². The maximum Gasteiger partial charge on any atom is 0.251 e. The molecule has 144 valence electrons. The molecule has 0 saturated carbocycles. The lowest BCUT2D eigenvalue weighted by atomic mass is 9.94. The fourth-order valence-electron chi connectivity index (χ4n) is 3.66. The van der Waals surface area contributed by atoms with Gasteiger partial charge in [0.15, 0.2) is 0 Å². The maximum absolute atomic E-state index is 14.0. The highest BCUT2D eigenvalue weighted by atomic mass is 19.1. The van der Waals surface area contributed by atoms with E-state index in [1.807, 2.05) is 6.07 Å². The van der Waals surface area contributed by atoms with E-state index in [-0.39, 0.29) is 11.5 Å². The Hall–Kier alpha value is -2.93. The predicted molar refractivity (Wildman–Crippen MR) is 102 cm³/mol. The highest BCUT2D eigenvalue weighted by Gasteiger charge is 2.24. The Morgan fingerprint density at radius 3 is 2.89 bits per heavy atom. The molecule has 4 rings (SSSR count). The second-order valence-electron chi connectivity index (χ2n) is 7.07. The van der Waals surface area contributed by atoms with E-state index in [1.165, 1.54) is 18.2 Å². The van der Waals surface area contributed by atoms with Gasteiger partial charge >= 0.3 is 0 Å². The van der Waals surface area contributed by atoms with Gasteiger partial charge in [0.2, 0.25) is 0 Å². The molecule has 0 spiro atoms. The molecule has 1 N–H and O–H groups in total. The lowest BCUT2D eigenvalue weighted by molar-refractivity contribution is 0.196. The topological polar surface area (TPSA) is 61.9 Å². The number of halogens is 2. The Kier molecular flexibility index (Phi) is 5.25. The van der Waals surface area contributed by atoms with Crippen LogP contribution in [0.25, 0.3) is 11.4 Å². The van der Waals surface area contributed by atoms with E-state index < -0.39 is 11.6 Å². The number of hydrogen-bond acceptors (Lipinski definition) is 4. The van der Waals surface area contributed by atoms with E-state index >= 15 is 0 Å². The zero-order chi connectivity index (χ0) is 19.5. The van der Waals surface area contributed by atoms with Crippen LogP contribution >= 0.6 is 0 Å². The fourth-order valence-corrected chi connectivity index (χ4v) is 3.66. The number of rotatable bonds is 4. The summed E-state index contributed by atoms with van der Waals surface area (Å²) in [6, 6.07) is 8.85. The summed E-state index contributed by atoms with van der Waals surface area (Å²) < 4.78 is 27.1. The van der Waals surface area contributed by atoms with Gasteiger partial charge in [-0.2, -0.15) is 0 Å². The minimum Gasteiger partial charge on any atom is -0.306 e. The number of hydrogen-bond donors (Lipinski definition) is 1. The summed E-state index contributed by atoms with van der Waals surface area (Å²) in [5.74, 6) is -0.532. The molecule has 0 bridgehead atoms. The van der Waals surface area contributed by atoms with E-state index in [1.54, 1.807) is 18.5 Å². The predicted octanol–water partition coefficient (Wildman–Crippen LogP) is 3.49. The van der Waals surface area contributed by atoms with Crippen molar-refractivity contribution >= 4 is 0 Å². The van der Waals surface area contributed by atoms with Crippen LogP contribution in [0.5, 0.6) is 0 Å². The van der Waals surface area contributed by atoms with Gasteiger partial charge in [-0.15, -0.1) is 0 Å². The van der Waals surface area contributed by atoms with Crippen molar-refractivity contribution in [3.05, 3.63) is 82.0 Å². The molecule has 1 fully saturated rings. The first kappa shape index (κ1) is 18.4. The molecule has 1 aliphatic heterocycles. The summed E-state index contributed by atoms with van der Waals surface area (Å²) in [6.07, 6.45) is 5.15. The summed E-state index contributed by atoms with van der Waals surface area (Å²) in [7, 11) is 0. The van der Waals surface area contributed by atoms with Crippen molar-refractivity contribution in [1.82, 2.24) is 19.9 Å². The van der Waals surface area contributed by atoms with Crippen LogP contribution in [0.2, 0.25) is 0 Å². The number of aromatic nitrogens is 3. The summed E-state index contributed by atoms with van der Waals surface area (Å²) in [4.78, 5) is 25.8. The maximum atomic E-state index is 14.0. The first-order chi connectivity index (χ1) is 13.6. The number of piperidine rings is 1. The van der Waals surface area contributed by atoms with Gasteiger partial charge in [0.05, 0.1) is 5.69 Å². The van der Waals surface area contributed by atoms with Gasteiger partial charge in [-0.25, -0.2) is 13.8 Å². The van der Waals surface area contributed by atoms with Crippen LogP contribution < -0.4 is 5.56 Å². The normalized spacial score (nSPS) is 17.6. The van der Waals surface area contributed by atoms with Gasteiger partial charge in [0.1, 0.15) is 17.5 Å². The van der Waals surface area contributed by atoms with Gasteiger partial charge in [-0.3, -0.25) is 14.7 Å². The number of nitrogens with one attached hydrogen (secondary N) is 1. The van der Waals surface area contributed by atoms with Gasteiger partial charge in [-0.05, 0) is 37.6 Å². The summed E-state index contributed by atoms with van der Waals surface area (Å²) in [5, 5.41) is 0. The van der Waals surface area contributed by atoms with Crippen molar-refractivity contribution in [3.8, 4) is 11.4 Å². The molecule has 5 nitrogen and oxygen atoms in total. The van der Waals surface area contributed by atoms with Crippen LogP contribution in [0.15, 0.2) is 53.6 Å². The van der Waals surface area contributed by atoms with Crippen LogP contribution in [0.4, 0.5) is 8.78 Å². The number of aromatic amines is 1. The number of pyridine rings is 1. The third-order valence-electron chi connectivity index (χ3n) is 5.03. The Bertz CT molecular complexity index is 1020. The molecule has 1 unspecified atom stereocenters. The number of likely N-dealkylation sites (tertiary alicyclic amines) is 1. The number of nitrogens with zero attached hydrogens (tertiary/aromatic N) is 3. The van der Waals surface area contributed by atoms with Gasteiger partial charge < -0.3 is 4.98 Å². The molecule has 28 heavy (non-hydrogen) atoms. The van der Waals surface area contributed by atoms with E-state index in [2.05, 4.69) is 19.9 Å². The average Bonchev–Trinajstić information content (AvgIpc) is 2.71. The third-order valence-corrected chi connectivity index (χ3v) is 5.03. The van der Waals surface area contributed by atoms with Gasteiger partial charge in [-0.1, -0.05) is 6.07 Å². The monoisotopic (exact) mass is 382 g/mol. The number of H-pyrrole nitrogens is 1. The van der Waals surface area contributed by atoms with Crippen LogP contribution in [0.1, 0.15) is 30.0 Å². The van der Waals surface area contributed by atoms with E-state index in [0.717, 1.165) is 36.7 Å². The molecule has 0 aliphatic carbocycles. The van der Waals surface area contributed by atoms with Crippen molar-refractivity contribution < 1.29 is 8.78 Å². The van der Waals surface area contributed by atoms with Crippen LogP contribution in [-0.2, 0) is 6.54 Å². The Labute approximate surface area is 161 Å². The standard InChI is InChI=1S/C21H20F2N4O/c22-17-6-5-15(18(23)9-17)12-27-8-2-4-16(13-27)19-10-20(28)26-21(25-19)14-3-1-7-24-11-14/h1,3,5-7,9-11,16H,2,4,8,12-13H2,(H,25,26,28). The van der Waals surface area contributed by atoms with Crippen LogP contribution in [-0.4, -0.2) is 32.9 Å². The fraction of sp³-hybridized carbons (Fsp3) is 0.286. The zero-order valence-electron chi connectivity index (χ0n) is 15.2. The highest BCUT2D eigenvalue weighted by molar-refractivity contribution is 5.52. The lowest BCUT2D eigenvalue weighted by Crippen LogP contribution is -2.35. The quantitative estimate of drug-likeness (QED) is 0.750. The minimum absolute atomic E-state index is 0.0787. The van der Waals surface area contributed by atoms with E-state index in [9.17, 15) is 13.6 Å². The second-order valence-corrected chi connectivity index (χ2v) is 7.07. The SMILES string of the molecule is O=c1cc(C2CCCN(Cc3ccc(F)cc3F)C2)nc(-c2cccnc2)[nH]1. The molecular weight excluding hydrogens is 362 g/mol. The molecule has 0 radical (unpaired) electrons. The molecule has 1 atom stereocenters. The van der Waals surface area contributed by atoms with Crippen molar-refractivity contribution in [3.63, 3.8) is 0 Å². The molecule has 1 aromatic carbocycles. The molecule has 2 aromatic heterocycles. The Balaban J connectivity index is 1.55. The molecule has 1 aliphatic rings. The first-order valence-corrected chi connectivity index (χ1v) is 9.26. The molecule has 3 aromatic rings. The Morgan fingerprint density at radius 1 is 1.21 bits per heavy atom. The smallest absolute Gasteiger partial charge is 0.251 e. The first-order valence-electron chi connectivity index (χ1n) is 9.26. The van der Waals surface area contributed by atoms with Crippen LogP contribution in [0.3, 0.4) is 0 Å². The number of benzene rings is 1. The van der Waals surface area contributed by atoms with E-state index in [4.69, 9.17) is 0 Å². The summed E-state index contributed by atoms with van der Waals surface area (Å²) in [5.41, 5.74) is 1.75. The minimum atomic E-state index is -0.576. The molecule has 0 amide bonds. The molecule has 3 heterocycles. The van der Waals surface area contributed by atoms with Gasteiger partial charge in [0.25, 0.3) is 5.56 Å².